The van der Waals surface area contributed by atoms with E-state index in [1.807, 2.05) is 6.07 Å². The lowest BCUT2D eigenvalue weighted by Crippen LogP contribution is -2.40. The third kappa shape index (κ3) is 2.07. The second-order valence-electron chi connectivity index (χ2n) is 4.99. The van der Waals surface area contributed by atoms with Gasteiger partial charge in [0.2, 0.25) is 0 Å². The second kappa shape index (κ2) is 4.46. The molecule has 0 fully saturated rings. The predicted octanol–water partition coefficient (Wildman–Crippen LogP) is 2.68. The quantitative estimate of drug-likeness (QED) is 0.775. The summed E-state index contributed by atoms with van der Waals surface area (Å²) in [6.45, 7) is 7.59. The van der Waals surface area contributed by atoms with Crippen molar-refractivity contribution in [1.29, 1.82) is 0 Å². The Balaban J connectivity index is 2.29. The van der Waals surface area contributed by atoms with Gasteiger partial charge < -0.3 is 9.64 Å². The number of fused-ring (bicyclic) bond motifs is 1. The first-order valence-electron chi connectivity index (χ1n) is 6.06. The van der Waals surface area contributed by atoms with Crippen molar-refractivity contribution in [3.05, 3.63) is 29.8 Å². The van der Waals surface area contributed by atoms with Gasteiger partial charge in [0.25, 0.3) is 0 Å². The third-order valence-electron chi connectivity index (χ3n) is 3.61. The van der Waals surface area contributed by atoms with E-state index in [0.717, 1.165) is 31.9 Å². The lowest BCUT2D eigenvalue weighted by molar-refractivity contribution is 0.181. The molecule has 1 aromatic rings. The summed E-state index contributed by atoms with van der Waals surface area (Å²) in [4.78, 5) is 2.38. The summed E-state index contributed by atoms with van der Waals surface area (Å²) in [5, 5.41) is 0. The zero-order chi connectivity index (χ0) is 11.6. The van der Waals surface area contributed by atoms with Crippen molar-refractivity contribution in [2.45, 2.75) is 25.7 Å². The molecule has 1 aromatic carbocycles. The fraction of sp³-hybridized carbons (Fsp3) is 0.571. The number of hydrogen-bond acceptors (Lipinski definition) is 2. The molecule has 0 bridgehead atoms. The number of ether oxygens (including phenoxy) is 1. The van der Waals surface area contributed by atoms with Crippen LogP contribution in [0.3, 0.4) is 0 Å². The molecule has 0 aliphatic carbocycles. The van der Waals surface area contributed by atoms with Crippen LogP contribution in [0.25, 0.3) is 0 Å². The average Bonchev–Trinajstić information content (AvgIpc) is 2.29. The summed E-state index contributed by atoms with van der Waals surface area (Å²) in [5.41, 5.74) is 1.60. The first-order valence-corrected chi connectivity index (χ1v) is 6.06. The number of likely N-dealkylation sites (N-methyl/N-ethyl adjacent to an activating group) is 1. The van der Waals surface area contributed by atoms with Crippen LogP contribution in [0, 0.1) is 0 Å². The molecule has 2 nitrogen and oxygen atoms in total. The predicted molar refractivity (Wildman–Crippen MR) is 67.1 cm³/mol. The van der Waals surface area contributed by atoms with E-state index < -0.39 is 0 Å². The summed E-state index contributed by atoms with van der Waals surface area (Å²) >= 11 is 0. The highest BCUT2D eigenvalue weighted by Gasteiger charge is 2.33. The van der Waals surface area contributed by atoms with Gasteiger partial charge in [-0.2, -0.15) is 0 Å². The van der Waals surface area contributed by atoms with Gasteiger partial charge in [-0.15, -0.1) is 0 Å². The van der Waals surface area contributed by atoms with Crippen LogP contribution in [0.2, 0.25) is 0 Å². The van der Waals surface area contributed by atoms with E-state index >= 15 is 0 Å². The minimum absolute atomic E-state index is 0.236. The number of rotatable bonds is 3. The van der Waals surface area contributed by atoms with Gasteiger partial charge in [-0.05, 0) is 26.1 Å². The maximum Gasteiger partial charge on any atom is 0.123 e. The maximum atomic E-state index is 5.72. The molecule has 0 N–H and O–H groups in total. The lowest BCUT2D eigenvalue weighted by atomic mass is 9.77. The van der Waals surface area contributed by atoms with Gasteiger partial charge in [-0.1, -0.05) is 32.0 Å². The Morgan fingerprint density at radius 2 is 2.12 bits per heavy atom. The largest absolute Gasteiger partial charge is 0.493 e. The Bertz CT molecular complexity index is 364. The topological polar surface area (TPSA) is 12.5 Å². The molecule has 16 heavy (non-hydrogen) atoms. The van der Waals surface area contributed by atoms with Gasteiger partial charge in [0.05, 0.1) is 6.61 Å². The number of hydrogen-bond donors (Lipinski definition) is 0. The van der Waals surface area contributed by atoms with E-state index in [2.05, 4.69) is 44.0 Å². The van der Waals surface area contributed by atoms with Crippen molar-refractivity contribution in [1.82, 2.24) is 4.90 Å². The summed E-state index contributed by atoms with van der Waals surface area (Å²) < 4.78 is 5.72. The first-order chi connectivity index (χ1) is 7.65. The molecule has 0 spiro atoms. The summed E-state index contributed by atoms with van der Waals surface area (Å²) in [7, 11) is 2.18. The molecular weight excluding hydrogens is 198 g/mol. The fourth-order valence-corrected chi connectivity index (χ4v) is 2.48. The van der Waals surface area contributed by atoms with Gasteiger partial charge in [0.15, 0.2) is 0 Å². The van der Waals surface area contributed by atoms with Crippen LogP contribution in [0.4, 0.5) is 0 Å². The highest BCUT2D eigenvalue weighted by molar-refractivity contribution is 5.41. The van der Waals surface area contributed by atoms with E-state index in [0.29, 0.717) is 0 Å². The van der Waals surface area contributed by atoms with Crippen LogP contribution < -0.4 is 4.74 Å². The molecule has 1 unspecified atom stereocenters. The normalized spacial score (nSPS) is 24.0. The van der Waals surface area contributed by atoms with E-state index in [1.54, 1.807) is 0 Å². The average molecular weight is 219 g/mol. The molecule has 2 heteroatoms. The van der Waals surface area contributed by atoms with Crippen LogP contribution in [0.15, 0.2) is 24.3 Å². The van der Waals surface area contributed by atoms with Gasteiger partial charge >= 0.3 is 0 Å². The molecular formula is C14H21NO. The van der Waals surface area contributed by atoms with E-state index in [9.17, 15) is 0 Å². The van der Waals surface area contributed by atoms with Crippen molar-refractivity contribution in [3.8, 4) is 5.75 Å². The van der Waals surface area contributed by atoms with Crippen LogP contribution in [0.5, 0.6) is 5.75 Å². The van der Waals surface area contributed by atoms with Crippen LogP contribution >= 0.6 is 0 Å². The van der Waals surface area contributed by atoms with Gasteiger partial charge in [0, 0.05) is 17.5 Å². The van der Waals surface area contributed by atoms with Crippen LogP contribution in [-0.4, -0.2) is 31.6 Å². The van der Waals surface area contributed by atoms with Crippen molar-refractivity contribution < 1.29 is 4.74 Å². The minimum Gasteiger partial charge on any atom is -0.493 e. The number of nitrogens with zero attached hydrogens (tertiary/aromatic N) is 1. The Kier molecular flexibility index (Phi) is 3.20. The SMILES string of the molecule is CCN(C)CC1(C)CCOc2ccccc21. The molecule has 1 atom stereocenters. The maximum absolute atomic E-state index is 5.72. The number of benzene rings is 1. The highest BCUT2D eigenvalue weighted by Crippen LogP contribution is 2.38. The molecule has 1 aliphatic heterocycles. The first kappa shape index (κ1) is 11.5. The minimum atomic E-state index is 0.236. The summed E-state index contributed by atoms with van der Waals surface area (Å²) in [6.07, 6.45) is 1.11. The van der Waals surface area contributed by atoms with Crippen molar-refractivity contribution in [2.24, 2.45) is 0 Å². The molecule has 88 valence electrons. The lowest BCUT2D eigenvalue weighted by Gasteiger charge is -2.38. The smallest absolute Gasteiger partial charge is 0.123 e. The molecule has 2 rings (SSSR count). The van der Waals surface area contributed by atoms with Crippen molar-refractivity contribution >= 4 is 0 Å². The summed E-state index contributed by atoms with van der Waals surface area (Å²) in [6, 6.07) is 8.45. The molecule has 0 saturated heterocycles. The van der Waals surface area contributed by atoms with Crippen LogP contribution in [-0.2, 0) is 5.41 Å². The Hall–Kier alpha value is -1.02. The van der Waals surface area contributed by atoms with Gasteiger partial charge in [-0.3, -0.25) is 0 Å². The molecule has 0 aromatic heterocycles. The van der Waals surface area contributed by atoms with E-state index in [-0.39, 0.29) is 5.41 Å². The molecule has 1 heterocycles. The molecule has 0 radical (unpaired) electrons. The Morgan fingerprint density at radius 1 is 1.38 bits per heavy atom. The van der Waals surface area contributed by atoms with Crippen LogP contribution in [0.1, 0.15) is 25.8 Å². The van der Waals surface area contributed by atoms with Crippen molar-refractivity contribution in [2.75, 3.05) is 26.7 Å². The highest BCUT2D eigenvalue weighted by atomic mass is 16.5. The Labute approximate surface area is 98.2 Å². The zero-order valence-corrected chi connectivity index (χ0v) is 10.5. The Morgan fingerprint density at radius 3 is 2.88 bits per heavy atom. The third-order valence-corrected chi connectivity index (χ3v) is 3.61. The second-order valence-corrected chi connectivity index (χ2v) is 4.99. The molecule has 0 saturated carbocycles. The standard InChI is InChI=1S/C14H21NO/c1-4-15(3)11-14(2)9-10-16-13-8-6-5-7-12(13)14/h5-8H,4,9-11H2,1-3H3. The van der Waals surface area contributed by atoms with E-state index in [1.165, 1.54) is 5.56 Å². The summed E-state index contributed by atoms with van der Waals surface area (Å²) in [5.74, 6) is 1.07. The van der Waals surface area contributed by atoms with Crippen molar-refractivity contribution in [3.63, 3.8) is 0 Å². The zero-order valence-electron chi connectivity index (χ0n) is 10.5. The van der Waals surface area contributed by atoms with Gasteiger partial charge in [-0.25, -0.2) is 0 Å². The molecule has 0 amide bonds. The van der Waals surface area contributed by atoms with Gasteiger partial charge in [0.1, 0.15) is 5.75 Å². The number of para-hydroxylation sites is 1. The molecule has 1 aliphatic rings. The fourth-order valence-electron chi connectivity index (χ4n) is 2.48. The monoisotopic (exact) mass is 219 g/mol. The van der Waals surface area contributed by atoms with E-state index in [4.69, 9.17) is 4.74 Å².